The molecule has 1 atom stereocenters. The van der Waals surface area contributed by atoms with Crippen LogP contribution < -0.4 is 15.0 Å². The summed E-state index contributed by atoms with van der Waals surface area (Å²) in [6, 6.07) is 17.1. The van der Waals surface area contributed by atoms with E-state index in [0.717, 1.165) is 11.9 Å². The van der Waals surface area contributed by atoms with Crippen LogP contribution in [0.15, 0.2) is 65.1 Å². The van der Waals surface area contributed by atoms with Crippen molar-refractivity contribution in [2.75, 3.05) is 18.1 Å². The van der Waals surface area contributed by atoms with Crippen LogP contribution in [-0.2, 0) is 16.1 Å². The Bertz CT molecular complexity index is 1360. The van der Waals surface area contributed by atoms with Crippen molar-refractivity contribution < 1.29 is 18.7 Å². The van der Waals surface area contributed by atoms with Gasteiger partial charge in [0.25, 0.3) is 5.91 Å². The minimum Gasteiger partial charge on any atom is -0.494 e. The van der Waals surface area contributed by atoms with Crippen LogP contribution in [0.4, 0.5) is 5.69 Å². The van der Waals surface area contributed by atoms with E-state index in [1.807, 2.05) is 37.3 Å². The Kier molecular flexibility index (Phi) is 8.22. The third kappa shape index (κ3) is 6.17. The lowest BCUT2D eigenvalue weighted by atomic mass is 10.1. The maximum atomic E-state index is 14.0. The lowest BCUT2D eigenvalue weighted by Crippen LogP contribution is -2.45. The van der Waals surface area contributed by atoms with Gasteiger partial charge in [0.15, 0.2) is 6.04 Å². The standard InChI is InChI=1S/C28H33N5O4/c1-5-36-22-10-8-9-21(17-22)33(26(34)18-32-24-12-7-6-11-23(24)30-31-32)27(25-14-13-20(4)37-25)28(35)29-16-15-19(2)3/h6-14,17,19,27H,5,15-16,18H2,1-4H3,(H,29,35)/t27-/m0/s1. The van der Waals surface area contributed by atoms with Crippen molar-refractivity contribution >= 4 is 28.5 Å². The molecule has 2 heterocycles. The number of carbonyl (C=O) groups is 2. The van der Waals surface area contributed by atoms with Crippen LogP contribution in [0.25, 0.3) is 11.0 Å². The fraction of sp³-hybridized carbons (Fsp3) is 0.357. The van der Waals surface area contributed by atoms with E-state index in [1.54, 1.807) is 37.3 Å². The Morgan fingerprint density at radius 1 is 1.11 bits per heavy atom. The first-order valence-corrected chi connectivity index (χ1v) is 12.5. The van der Waals surface area contributed by atoms with Gasteiger partial charge in [-0.3, -0.25) is 14.5 Å². The normalized spacial score (nSPS) is 12.0. The number of aromatic nitrogens is 3. The van der Waals surface area contributed by atoms with Gasteiger partial charge in [0.1, 0.15) is 29.3 Å². The van der Waals surface area contributed by atoms with E-state index in [4.69, 9.17) is 9.15 Å². The van der Waals surface area contributed by atoms with Gasteiger partial charge in [-0.25, -0.2) is 4.68 Å². The van der Waals surface area contributed by atoms with Crippen LogP contribution in [0.3, 0.4) is 0 Å². The molecule has 0 spiro atoms. The van der Waals surface area contributed by atoms with Crippen molar-refractivity contribution in [1.29, 1.82) is 0 Å². The van der Waals surface area contributed by atoms with Gasteiger partial charge in [0.05, 0.1) is 12.1 Å². The zero-order valence-electron chi connectivity index (χ0n) is 21.7. The van der Waals surface area contributed by atoms with E-state index in [2.05, 4.69) is 29.5 Å². The summed E-state index contributed by atoms with van der Waals surface area (Å²) in [7, 11) is 0. The van der Waals surface area contributed by atoms with E-state index in [9.17, 15) is 9.59 Å². The zero-order valence-corrected chi connectivity index (χ0v) is 21.7. The number of rotatable bonds is 11. The van der Waals surface area contributed by atoms with Crippen molar-refractivity contribution in [3.8, 4) is 5.75 Å². The number of ether oxygens (including phenoxy) is 1. The molecule has 4 rings (SSSR count). The highest BCUT2D eigenvalue weighted by molar-refractivity contribution is 6.01. The Morgan fingerprint density at radius 2 is 1.92 bits per heavy atom. The Labute approximate surface area is 216 Å². The van der Waals surface area contributed by atoms with E-state index in [-0.39, 0.29) is 18.4 Å². The largest absolute Gasteiger partial charge is 0.494 e. The molecule has 1 N–H and O–H groups in total. The topological polar surface area (TPSA) is 102 Å². The van der Waals surface area contributed by atoms with Gasteiger partial charge in [-0.2, -0.15) is 0 Å². The number of nitrogens with zero attached hydrogens (tertiary/aromatic N) is 4. The fourth-order valence-corrected chi connectivity index (χ4v) is 4.12. The number of hydrogen-bond donors (Lipinski definition) is 1. The molecule has 194 valence electrons. The first-order valence-electron chi connectivity index (χ1n) is 12.5. The van der Waals surface area contributed by atoms with Crippen LogP contribution in [0.5, 0.6) is 5.75 Å². The highest BCUT2D eigenvalue weighted by atomic mass is 16.5. The number of anilines is 1. The molecule has 4 aromatic rings. The first-order chi connectivity index (χ1) is 17.9. The second kappa shape index (κ2) is 11.7. The van der Waals surface area contributed by atoms with Gasteiger partial charge in [0.2, 0.25) is 5.91 Å². The van der Waals surface area contributed by atoms with Crippen molar-refractivity contribution in [3.63, 3.8) is 0 Å². The number of carbonyl (C=O) groups excluding carboxylic acids is 2. The number of furan rings is 1. The molecular formula is C28H33N5O4. The van der Waals surface area contributed by atoms with Gasteiger partial charge in [-0.05, 0) is 62.6 Å². The average molecular weight is 504 g/mol. The summed E-state index contributed by atoms with van der Waals surface area (Å²) in [6.45, 7) is 8.73. The van der Waals surface area contributed by atoms with Crippen LogP contribution in [0.1, 0.15) is 44.8 Å². The van der Waals surface area contributed by atoms with Crippen molar-refractivity contribution in [2.45, 2.75) is 46.7 Å². The van der Waals surface area contributed by atoms with Crippen molar-refractivity contribution in [3.05, 3.63) is 72.2 Å². The van der Waals surface area contributed by atoms with E-state index >= 15 is 0 Å². The number of amides is 2. The molecule has 2 aromatic carbocycles. The van der Waals surface area contributed by atoms with E-state index in [0.29, 0.717) is 47.5 Å². The first kappa shape index (κ1) is 25.9. The molecule has 0 saturated heterocycles. The Morgan fingerprint density at radius 3 is 2.65 bits per heavy atom. The highest BCUT2D eigenvalue weighted by Gasteiger charge is 2.35. The monoisotopic (exact) mass is 503 g/mol. The summed E-state index contributed by atoms with van der Waals surface area (Å²) in [5.74, 6) is 1.37. The summed E-state index contributed by atoms with van der Waals surface area (Å²) >= 11 is 0. The van der Waals surface area contributed by atoms with Gasteiger partial charge in [-0.15, -0.1) is 5.10 Å². The smallest absolute Gasteiger partial charge is 0.251 e. The second-order valence-corrected chi connectivity index (χ2v) is 9.25. The predicted octanol–water partition coefficient (Wildman–Crippen LogP) is 4.67. The Hall–Kier alpha value is -4.14. The fourth-order valence-electron chi connectivity index (χ4n) is 4.12. The minimum atomic E-state index is -1.03. The molecular weight excluding hydrogens is 470 g/mol. The number of fused-ring (bicyclic) bond motifs is 1. The summed E-state index contributed by atoms with van der Waals surface area (Å²) in [4.78, 5) is 29.1. The summed E-state index contributed by atoms with van der Waals surface area (Å²) < 4.78 is 13.1. The second-order valence-electron chi connectivity index (χ2n) is 9.25. The maximum absolute atomic E-state index is 14.0. The number of hydrogen-bond acceptors (Lipinski definition) is 6. The van der Waals surface area contributed by atoms with Crippen LogP contribution in [-0.4, -0.2) is 40.0 Å². The summed E-state index contributed by atoms with van der Waals surface area (Å²) in [5, 5.41) is 11.3. The molecule has 9 heteroatoms. The lowest BCUT2D eigenvalue weighted by Gasteiger charge is -2.30. The van der Waals surface area contributed by atoms with Crippen LogP contribution in [0.2, 0.25) is 0 Å². The molecule has 0 unspecified atom stereocenters. The maximum Gasteiger partial charge on any atom is 0.251 e. The Balaban J connectivity index is 1.76. The minimum absolute atomic E-state index is 0.116. The van der Waals surface area contributed by atoms with E-state index in [1.165, 1.54) is 9.58 Å². The molecule has 0 saturated carbocycles. The highest BCUT2D eigenvalue weighted by Crippen LogP contribution is 2.32. The lowest BCUT2D eigenvalue weighted by molar-refractivity contribution is -0.127. The van der Waals surface area contributed by atoms with Gasteiger partial charge < -0.3 is 14.5 Å². The third-order valence-corrected chi connectivity index (χ3v) is 5.94. The molecule has 0 bridgehead atoms. The van der Waals surface area contributed by atoms with Crippen molar-refractivity contribution in [1.82, 2.24) is 20.3 Å². The quantitative estimate of drug-likeness (QED) is 0.319. The number of aryl methyl sites for hydroxylation is 1. The van der Waals surface area contributed by atoms with Gasteiger partial charge in [-0.1, -0.05) is 37.3 Å². The third-order valence-electron chi connectivity index (χ3n) is 5.94. The molecule has 0 aliphatic rings. The average Bonchev–Trinajstić information content (AvgIpc) is 3.48. The number of para-hydroxylation sites is 1. The van der Waals surface area contributed by atoms with Crippen molar-refractivity contribution in [2.24, 2.45) is 5.92 Å². The number of benzene rings is 2. The SMILES string of the molecule is CCOc1cccc(N(C(=O)Cn2nnc3ccccc32)[C@H](C(=O)NCCC(C)C)c2ccc(C)o2)c1. The molecule has 0 aliphatic carbocycles. The molecule has 2 amide bonds. The van der Waals surface area contributed by atoms with Crippen LogP contribution in [0, 0.1) is 12.8 Å². The molecule has 0 fully saturated rings. The molecule has 0 radical (unpaired) electrons. The molecule has 9 nitrogen and oxygen atoms in total. The van der Waals surface area contributed by atoms with Crippen LogP contribution >= 0.6 is 0 Å². The molecule has 0 aliphatic heterocycles. The number of nitrogens with one attached hydrogen (secondary N) is 1. The molecule has 2 aromatic heterocycles. The molecule has 37 heavy (non-hydrogen) atoms. The van der Waals surface area contributed by atoms with Gasteiger partial charge >= 0.3 is 0 Å². The predicted molar refractivity (Wildman–Crippen MR) is 141 cm³/mol. The zero-order chi connectivity index (χ0) is 26.4. The summed E-state index contributed by atoms with van der Waals surface area (Å²) in [6.07, 6.45) is 0.814. The van der Waals surface area contributed by atoms with Gasteiger partial charge in [0, 0.05) is 18.3 Å². The van der Waals surface area contributed by atoms with E-state index < -0.39 is 6.04 Å². The summed E-state index contributed by atoms with van der Waals surface area (Å²) in [5.41, 5.74) is 1.92.